The Morgan fingerprint density at radius 3 is 2.87 bits per heavy atom. The van der Waals surface area contributed by atoms with Crippen LogP contribution in [-0.4, -0.2) is 43.7 Å². The van der Waals surface area contributed by atoms with E-state index in [0.717, 1.165) is 32.7 Å². The third-order valence-corrected chi connectivity index (χ3v) is 3.71. The van der Waals surface area contributed by atoms with Crippen LogP contribution in [0.15, 0.2) is 0 Å². The second kappa shape index (κ2) is 4.39. The van der Waals surface area contributed by atoms with Crippen LogP contribution in [0.5, 0.6) is 0 Å². The van der Waals surface area contributed by atoms with Gasteiger partial charge in [-0.05, 0) is 24.7 Å². The summed E-state index contributed by atoms with van der Waals surface area (Å²) in [7, 11) is 0. The van der Waals surface area contributed by atoms with Gasteiger partial charge in [0.15, 0.2) is 0 Å². The number of nitrogens with one attached hydrogen (secondary N) is 2. The van der Waals surface area contributed by atoms with Gasteiger partial charge in [0.05, 0.1) is 0 Å². The Balaban J connectivity index is 1.57. The first kappa shape index (κ1) is 10.7. The van der Waals surface area contributed by atoms with E-state index in [1.807, 2.05) is 4.90 Å². The quantitative estimate of drug-likeness (QED) is 0.638. The van der Waals surface area contributed by atoms with E-state index >= 15 is 0 Å². The molecule has 2 amide bonds. The van der Waals surface area contributed by atoms with Gasteiger partial charge in [0.1, 0.15) is 0 Å². The van der Waals surface area contributed by atoms with Crippen LogP contribution in [0.3, 0.4) is 0 Å². The van der Waals surface area contributed by atoms with Gasteiger partial charge in [-0.1, -0.05) is 6.92 Å². The summed E-state index contributed by atoms with van der Waals surface area (Å²) < 4.78 is 0. The monoisotopic (exact) mass is 211 g/mol. The van der Waals surface area contributed by atoms with Crippen molar-refractivity contribution in [2.75, 3.05) is 32.7 Å². The molecule has 1 saturated carbocycles. The second-order valence-electron chi connectivity index (χ2n) is 4.75. The van der Waals surface area contributed by atoms with E-state index in [-0.39, 0.29) is 6.03 Å². The average molecular weight is 211 g/mol. The fourth-order valence-corrected chi connectivity index (χ4v) is 2.12. The molecule has 0 aromatic heterocycles. The van der Waals surface area contributed by atoms with Gasteiger partial charge < -0.3 is 15.5 Å². The fraction of sp³-hybridized carbons (Fsp3) is 0.909. The minimum atomic E-state index is 0.0911. The average Bonchev–Trinajstić information content (AvgIpc) is 2.92. The number of hydrogen-bond acceptors (Lipinski definition) is 2. The minimum Gasteiger partial charge on any atom is -0.336 e. The molecule has 86 valence electrons. The zero-order valence-electron chi connectivity index (χ0n) is 9.51. The molecule has 0 aromatic rings. The Kier molecular flexibility index (Phi) is 3.14. The van der Waals surface area contributed by atoms with Crippen molar-refractivity contribution in [2.45, 2.75) is 26.2 Å². The Morgan fingerprint density at radius 2 is 2.33 bits per heavy atom. The smallest absolute Gasteiger partial charge is 0.317 e. The molecular weight excluding hydrogens is 190 g/mol. The van der Waals surface area contributed by atoms with Gasteiger partial charge in [0.2, 0.25) is 0 Å². The van der Waals surface area contributed by atoms with E-state index < -0.39 is 0 Å². The highest BCUT2D eigenvalue weighted by molar-refractivity contribution is 5.76. The number of carbonyl (C=O) groups excluding carboxylic acids is 1. The van der Waals surface area contributed by atoms with Crippen molar-refractivity contribution >= 4 is 6.03 Å². The predicted octanol–water partition coefficient (Wildman–Crippen LogP) is 0.791. The highest BCUT2D eigenvalue weighted by atomic mass is 16.2. The van der Waals surface area contributed by atoms with Crippen LogP contribution in [0, 0.1) is 5.41 Å². The highest BCUT2D eigenvalue weighted by Crippen LogP contribution is 2.47. The molecule has 4 heteroatoms. The van der Waals surface area contributed by atoms with Crippen LogP contribution in [0.1, 0.15) is 26.2 Å². The Morgan fingerprint density at radius 1 is 1.53 bits per heavy atom. The lowest BCUT2D eigenvalue weighted by Gasteiger charge is -2.17. The van der Waals surface area contributed by atoms with Gasteiger partial charge >= 0.3 is 6.03 Å². The van der Waals surface area contributed by atoms with E-state index in [9.17, 15) is 4.79 Å². The summed E-state index contributed by atoms with van der Waals surface area (Å²) in [5.74, 6) is 0. The van der Waals surface area contributed by atoms with Gasteiger partial charge in [0, 0.05) is 32.7 Å². The molecule has 0 unspecified atom stereocenters. The fourth-order valence-electron chi connectivity index (χ4n) is 2.12. The van der Waals surface area contributed by atoms with Gasteiger partial charge in [-0.25, -0.2) is 4.79 Å². The Bertz CT molecular complexity index is 238. The third kappa shape index (κ3) is 2.62. The van der Waals surface area contributed by atoms with Crippen molar-refractivity contribution in [3.05, 3.63) is 0 Å². The number of urea groups is 1. The van der Waals surface area contributed by atoms with Crippen molar-refractivity contribution in [3.63, 3.8) is 0 Å². The number of rotatable bonds is 6. The zero-order valence-corrected chi connectivity index (χ0v) is 9.51. The summed E-state index contributed by atoms with van der Waals surface area (Å²) in [6.45, 7) is 6.82. The lowest BCUT2D eigenvalue weighted by atomic mass is 10.0. The summed E-state index contributed by atoms with van der Waals surface area (Å²) in [5.41, 5.74) is 0.604. The third-order valence-electron chi connectivity index (χ3n) is 3.71. The summed E-state index contributed by atoms with van der Waals surface area (Å²) >= 11 is 0. The van der Waals surface area contributed by atoms with Crippen LogP contribution in [0.4, 0.5) is 4.79 Å². The molecule has 4 nitrogen and oxygen atoms in total. The summed E-state index contributed by atoms with van der Waals surface area (Å²) in [4.78, 5) is 13.1. The summed E-state index contributed by atoms with van der Waals surface area (Å²) in [6, 6.07) is 0.0911. The topological polar surface area (TPSA) is 44.4 Å². The normalized spacial score (nSPS) is 23.0. The van der Waals surface area contributed by atoms with E-state index in [0.29, 0.717) is 5.41 Å². The Labute approximate surface area is 91.4 Å². The van der Waals surface area contributed by atoms with Crippen LogP contribution in [0.2, 0.25) is 0 Å². The van der Waals surface area contributed by atoms with Crippen LogP contribution in [0.25, 0.3) is 0 Å². The van der Waals surface area contributed by atoms with E-state index in [2.05, 4.69) is 17.6 Å². The molecule has 0 atom stereocenters. The molecule has 1 saturated heterocycles. The largest absolute Gasteiger partial charge is 0.336 e. The van der Waals surface area contributed by atoms with Gasteiger partial charge in [-0.2, -0.15) is 0 Å². The summed E-state index contributed by atoms with van der Waals surface area (Å²) in [6.07, 6.45) is 4.03. The first-order valence-corrected chi connectivity index (χ1v) is 5.99. The number of hydrogen-bond donors (Lipinski definition) is 2. The van der Waals surface area contributed by atoms with Crippen molar-refractivity contribution in [1.82, 2.24) is 15.5 Å². The minimum absolute atomic E-state index is 0.0911. The first-order chi connectivity index (χ1) is 7.26. The Hall–Kier alpha value is -0.770. The van der Waals surface area contributed by atoms with Crippen LogP contribution >= 0.6 is 0 Å². The van der Waals surface area contributed by atoms with Crippen LogP contribution in [-0.2, 0) is 0 Å². The molecule has 2 rings (SSSR count). The van der Waals surface area contributed by atoms with Crippen LogP contribution < -0.4 is 10.6 Å². The van der Waals surface area contributed by atoms with E-state index in [1.54, 1.807) is 0 Å². The van der Waals surface area contributed by atoms with E-state index in [4.69, 9.17) is 0 Å². The molecule has 1 heterocycles. The molecule has 1 aliphatic carbocycles. The lowest BCUT2D eigenvalue weighted by molar-refractivity contribution is 0.217. The molecule has 15 heavy (non-hydrogen) atoms. The first-order valence-electron chi connectivity index (χ1n) is 5.99. The standard InChI is InChI=1S/C11H21N3O/c1-2-11(3-4-11)9-12-5-7-14-8-6-13-10(14)15/h12H,2-9H2,1H3,(H,13,15). The van der Waals surface area contributed by atoms with Crippen molar-refractivity contribution in [1.29, 1.82) is 0 Å². The highest BCUT2D eigenvalue weighted by Gasteiger charge is 2.39. The lowest BCUT2D eigenvalue weighted by Crippen LogP contribution is -2.36. The number of amides is 2. The maximum atomic E-state index is 11.2. The summed E-state index contributed by atoms with van der Waals surface area (Å²) in [5, 5.41) is 6.27. The molecule has 0 radical (unpaired) electrons. The zero-order chi connectivity index (χ0) is 10.7. The van der Waals surface area contributed by atoms with Crippen molar-refractivity contribution < 1.29 is 4.79 Å². The van der Waals surface area contributed by atoms with Gasteiger partial charge in [0.25, 0.3) is 0 Å². The molecule has 2 fully saturated rings. The van der Waals surface area contributed by atoms with Gasteiger partial charge in [-0.3, -0.25) is 0 Å². The molecule has 0 spiro atoms. The maximum Gasteiger partial charge on any atom is 0.317 e. The van der Waals surface area contributed by atoms with E-state index in [1.165, 1.54) is 19.3 Å². The second-order valence-corrected chi connectivity index (χ2v) is 4.75. The predicted molar refractivity (Wildman–Crippen MR) is 59.8 cm³/mol. The van der Waals surface area contributed by atoms with Crippen molar-refractivity contribution in [2.24, 2.45) is 5.41 Å². The molecular formula is C11H21N3O. The molecule has 1 aliphatic heterocycles. The number of nitrogens with zero attached hydrogens (tertiary/aromatic N) is 1. The SMILES string of the molecule is CCC1(CNCCN2CCNC2=O)CC1. The number of carbonyl (C=O) groups is 1. The molecule has 0 aromatic carbocycles. The molecule has 2 aliphatic rings. The molecule has 2 N–H and O–H groups in total. The van der Waals surface area contributed by atoms with Crippen molar-refractivity contribution in [3.8, 4) is 0 Å². The maximum absolute atomic E-state index is 11.2. The van der Waals surface area contributed by atoms with Gasteiger partial charge in [-0.15, -0.1) is 0 Å². The molecule has 0 bridgehead atoms.